The van der Waals surface area contributed by atoms with E-state index in [1.54, 1.807) is 0 Å². The van der Waals surface area contributed by atoms with Crippen LogP contribution in [-0.4, -0.2) is 0 Å². The molecular formula is C43H30. The summed E-state index contributed by atoms with van der Waals surface area (Å²) in [6, 6.07) is 54.1. The molecule has 0 aromatic heterocycles. The Bertz CT molecular complexity index is 2420. The van der Waals surface area contributed by atoms with E-state index in [4.69, 9.17) is 0 Å². The van der Waals surface area contributed by atoms with Gasteiger partial charge in [-0.05, 0) is 106 Å². The third-order valence-corrected chi connectivity index (χ3v) is 9.82. The van der Waals surface area contributed by atoms with Crippen molar-refractivity contribution in [1.82, 2.24) is 0 Å². The first kappa shape index (κ1) is 24.4. The number of hydrogen-bond acceptors (Lipinski definition) is 0. The van der Waals surface area contributed by atoms with Gasteiger partial charge in [-0.25, -0.2) is 0 Å². The zero-order valence-electron chi connectivity index (χ0n) is 24.4. The molecule has 0 bridgehead atoms. The Balaban J connectivity index is 1.24. The van der Waals surface area contributed by atoms with Gasteiger partial charge in [0, 0.05) is 5.41 Å². The monoisotopic (exact) mass is 546 g/mol. The summed E-state index contributed by atoms with van der Waals surface area (Å²) < 4.78 is 0. The third-order valence-electron chi connectivity index (χ3n) is 9.82. The minimum absolute atomic E-state index is 0.0856. The Morgan fingerprint density at radius 1 is 0.349 bits per heavy atom. The fourth-order valence-corrected chi connectivity index (χ4v) is 7.64. The second-order valence-corrected chi connectivity index (χ2v) is 12.5. The first-order valence-corrected chi connectivity index (χ1v) is 15.2. The van der Waals surface area contributed by atoms with Gasteiger partial charge in [-0.2, -0.15) is 0 Å². The lowest BCUT2D eigenvalue weighted by Gasteiger charge is -2.23. The van der Waals surface area contributed by atoms with E-state index in [9.17, 15) is 0 Å². The van der Waals surface area contributed by atoms with Crippen LogP contribution in [0.1, 0.15) is 25.0 Å². The molecule has 1 aliphatic rings. The third kappa shape index (κ3) is 3.50. The average molecular weight is 547 g/mol. The van der Waals surface area contributed by atoms with Gasteiger partial charge in [0.15, 0.2) is 0 Å². The van der Waals surface area contributed by atoms with Crippen LogP contribution in [0.4, 0.5) is 0 Å². The highest BCUT2D eigenvalue weighted by atomic mass is 14.4. The van der Waals surface area contributed by atoms with Crippen LogP contribution in [-0.2, 0) is 5.41 Å². The molecule has 0 radical (unpaired) electrons. The first-order valence-electron chi connectivity index (χ1n) is 15.2. The summed E-state index contributed by atoms with van der Waals surface area (Å²) >= 11 is 0. The summed E-state index contributed by atoms with van der Waals surface area (Å²) in [4.78, 5) is 0. The van der Waals surface area contributed by atoms with Crippen LogP contribution in [0.5, 0.6) is 0 Å². The largest absolute Gasteiger partial charge is 0.0616 e. The molecule has 0 heterocycles. The predicted molar refractivity (Wildman–Crippen MR) is 185 cm³/mol. The van der Waals surface area contributed by atoms with Crippen LogP contribution >= 0.6 is 0 Å². The Hall–Kier alpha value is -5.20. The van der Waals surface area contributed by atoms with E-state index in [1.165, 1.54) is 87.6 Å². The fraction of sp³-hybridized carbons (Fsp3) is 0.0698. The molecule has 0 unspecified atom stereocenters. The maximum atomic E-state index is 2.48. The molecule has 0 atom stereocenters. The zero-order valence-corrected chi connectivity index (χ0v) is 24.4. The van der Waals surface area contributed by atoms with E-state index in [0.717, 1.165) is 0 Å². The molecule has 0 saturated carbocycles. The lowest BCUT2D eigenvalue weighted by Crippen LogP contribution is -2.15. The van der Waals surface area contributed by atoms with E-state index < -0.39 is 0 Å². The molecular weight excluding hydrogens is 516 g/mol. The predicted octanol–water partition coefficient (Wildman–Crippen LogP) is 11.9. The summed E-state index contributed by atoms with van der Waals surface area (Å²) in [6.07, 6.45) is 0. The number of rotatable bonds is 2. The quantitative estimate of drug-likeness (QED) is 0.202. The van der Waals surface area contributed by atoms with Gasteiger partial charge in [0.2, 0.25) is 0 Å². The van der Waals surface area contributed by atoms with Crippen molar-refractivity contribution in [3.05, 3.63) is 157 Å². The second-order valence-electron chi connectivity index (χ2n) is 12.5. The molecule has 1 aliphatic carbocycles. The second kappa shape index (κ2) is 8.90. The average Bonchev–Trinajstić information content (AvgIpc) is 3.30. The molecule has 0 saturated heterocycles. The van der Waals surface area contributed by atoms with Gasteiger partial charge in [0.05, 0.1) is 0 Å². The molecule has 0 N–H and O–H groups in total. The van der Waals surface area contributed by atoms with Crippen LogP contribution in [0, 0.1) is 0 Å². The summed E-state index contributed by atoms with van der Waals surface area (Å²) in [6.45, 7) is 4.78. The Morgan fingerprint density at radius 3 is 1.63 bits per heavy atom. The van der Waals surface area contributed by atoms with Gasteiger partial charge in [0.25, 0.3) is 0 Å². The molecule has 202 valence electrons. The highest BCUT2D eigenvalue weighted by molar-refractivity contribution is 6.14. The molecule has 9 rings (SSSR count). The van der Waals surface area contributed by atoms with Gasteiger partial charge >= 0.3 is 0 Å². The molecule has 0 spiro atoms. The maximum absolute atomic E-state index is 2.48. The maximum Gasteiger partial charge on any atom is 0.0159 e. The van der Waals surface area contributed by atoms with Gasteiger partial charge in [-0.15, -0.1) is 0 Å². The van der Waals surface area contributed by atoms with Crippen molar-refractivity contribution in [3.8, 4) is 33.4 Å². The van der Waals surface area contributed by atoms with Crippen molar-refractivity contribution in [3.63, 3.8) is 0 Å². The van der Waals surface area contributed by atoms with Crippen LogP contribution in [0.3, 0.4) is 0 Å². The van der Waals surface area contributed by atoms with E-state index in [1.807, 2.05) is 0 Å². The molecule has 0 fully saturated rings. The van der Waals surface area contributed by atoms with Crippen molar-refractivity contribution < 1.29 is 0 Å². The van der Waals surface area contributed by atoms with Crippen LogP contribution in [0.25, 0.3) is 76.5 Å². The molecule has 8 aromatic rings. The lowest BCUT2D eigenvalue weighted by molar-refractivity contribution is 0.661. The topological polar surface area (TPSA) is 0 Å². The van der Waals surface area contributed by atoms with E-state index in [0.29, 0.717) is 0 Å². The highest BCUT2D eigenvalue weighted by Crippen LogP contribution is 2.55. The van der Waals surface area contributed by atoms with Crippen molar-refractivity contribution >= 4 is 43.1 Å². The fourth-order valence-electron chi connectivity index (χ4n) is 7.64. The number of benzene rings is 8. The molecule has 0 heteroatoms. The standard InChI is InChI=1S/C43H30/c1-43(2)39-23-22-28-11-4-6-14-35(28)41(39)42-37-16-8-7-15-36(37)38(26-40(42)43)32-21-19-29-24-31(20-18-30(29)25-32)34-17-9-12-27-10-3-5-13-33(27)34/h3-26H,1-2H3. The van der Waals surface area contributed by atoms with Gasteiger partial charge in [-0.1, -0.05) is 141 Å². The Labute approximate surface area is 251 Å². The van der Waals surface area contributed by atoms with Gasteiger partial charge in [-0.3, -0.25) is 0 Å². The number of hydrogen-bond donors (Lipinski definition) is 0. The smallest absolute Gasteiger partial charge is 0.0159 e. The van der Waals surface area contributed by atoms with Gasteiger partial charge < -0.3 is 0 Å². The molecule has 0 amide bonds. The Morgan fingerprint density at radius 2 is 0.884 bits per heavy atom. The van der Waals surface area contributed by atoms with Gasteiger partial charge in [0.1, 0.15) is 0 Å². The van der Waals surface area contributed by atoms with Crippen LogP contribution in [0.2, 0.25) is 0 Å². The molecule has 0 aliphatic heterocycles. The SMILES string of the molecule is CC1(C)c2ccc3ccccc3c2-c2c1cc(-c1ccc3cc(-c4cccc5ccccc45)ccc3c1)c1ccccc21. The summed E-state index contributed by atoms with van der Waals surface area (Å²) in [5, 5.41) is 10.4. The lowest BCUT2D eigenvalue weighted by atomic mass is 9.80. The van der Waals surface area contributed by atoms with Crippen LogP contribution in [0.15, 0.2) is 146 Å². The van der Waals surface area contributed by atoms with Crippen molar-refractivity contribution in [2.24, 2.45) is 0 Å². The summed E-state index contributed by atoms with van der Waals surface area (Å²) in [7, 11) is 0. The van der Waals surface area contributed by atoms with Crippen molar-refractivity contribution in [2.45, 2.75) is 19.3 Å². The first-order chi connectivity index (χ1) is 21.1. The van der Waals surface area contributed by atoms with E-state index >= 15 is 0 Å². The summed E-state index contributed by atoms with van der Waals surface area (Å²) in [5.41, 5.74) is 10.7. The molecule has 0 nitrogen and oxygen atoms in total. The zero-order chi connectivity index (χ0) is 28.7. The molecule has 8 aromatic carbocycles. The van der Waals surface area contributed by atoms with Crippen LogP contribution < -0.4 is 0 Å². The summed E-state index contributed by atoms with van der Waals surface area (Å²) in [5.74, 6) is 0. The highest BCUT2D eigenvalue weighted by Gasteiger charge is 2.38. The Kier molecular flexibility index (Phi) is 5.05. The van der Waals surface area contributed by atoms with E-state index in [-0.39, 0.29) is 5.41 Å². The van der Waals surface area contributed by atoms with Crippen molar-refractivity contribution in [1.29, 1.82) is 0 Å². The number of fused-ring (bicyclic) bond motifs is 9. The van der Waals surface area contributed by atoms with Crippen molar-refractivity contribution in [2.75, 3.05) is 0 Å². The normalized spacial score (nSPS) is 13.5. The molecule has 43 heavy (non-hydrogen) atoms. The minimum Gasteiger partial charge on any atom is -0.0616 e. The van der Waals surface area contributed by atoms with E-state index in [2.05, 4.69) is 159 Å². The minimum atomic E-state index is -0.0856.